The van der Waals surface area contributed by atoms with Crippen LogP contribution in [-0.4, -0.2) is 54.5 Å². The standard InChI is InChI=1S/C18H31N5OS.HI/c1-6-16(24)23-10-8-13(11-23)21-17(19-5)20-9-7-15-22-14(12-25-15)18(2,3)4;/h12-13H,6-11H2,1-5H3,(H2,19,20,21);1H. The first-order valence-corrected chi connectivity index (χ1v) is 9.91. The van der Waals surface area contributed by atoms with Crippen LogP contribution in [0.4, 0.5) is 0 Å². The maximum Gasteiger partial charge on any atom is 0.222 e. The molecular weight excluding hydrogens is 461 g/mol. The molecule has 0 radical (unpaired) electrons. The fourth-order valence-electron chi connectivity index (χ4n) is 2.77. The number of aromatic nitrogens is 1. The Balaban J connectivity index is 0.00000338. The monoisotopic (exact) mass is 493 g/mol. The molecule has 2 rings (SSSR count). The third kappa shape index (κ3) is 6.68. The molecule has 1 atom stereocenters. The fourth-order valence-corrected chi connectivity index (χ4v) is 3.80. The summed E-state index contributed by atoms with van der Waals surface area (Å²) in [7, 11) is 1.78. The second-order valence-electron chi connectivity index (χ2n) is 7.45. The minimum atomic E-state index is 0. The highest BCUT2D eigenvalue weighted by Gasteiger charge is 2.25. The zero-order valence-corrected chi connectivity index (χ0v) is 19.6. The molecule has 1 fully saturated rings. The third-order valence-corrected chi connectivity index (χ3v) is 5.27. The number of hydrogen-bond acceptors (Lipinski definition) is 4. The molecule has 0 spiro atoms. The van der Waals surface area contributed by atoms with Gasteiger partial charge in [0.2, 0.25) is 5.91 Å². The van der Waals surface area contributed by atoms with E-state index in [9.17, 15) is 4.79 Å². The van der Waals surface area contributed by atoms with E-state index in [-0.39, 0.29) is 41.3 Å². The number of thiazole rings is 1. The normalized spacial score (nSPS) is 17.8. The molecule has 26 heavy (non-hydrogen) atoms. The van der Waals surface area contributed by atoms with E-state index in [0.717, 1.165) is 49.1 Å². The SMILES string of the molecule is CCC(=O)N1CCC(NC(=NC)NCCc2nc(C(C)(C)C)cs2)C1.I. The van der Waals surface area contributed by atoms with Crippen molar-refractivity contribution in [3.63, 3.8) is 0 Å². The summed E-state index contributed by atoms with van der Waals surface area (Å²) in [4.78, 5) is 22.7. The summed E-state index contributed by atoms with van der Waals surface area (Å²) < 4.78 is 0. The second kappa shape index (κ2) is 10.4. The highest BCUT2D eigenvalue weighted by Crippen LogP contribution is 2.23. The number of guanidine groups is 1. The zero-order chi connectivity index (χ0) is 18.4. The first-order valence-electron chi connectivity index (χ1n) is 9.03. The minimum absolute atomic E-state index is 0. The second-order valence-corrected chi connectivity index (χ2v) is 8.39. The summed E-state index contributed by atoms with van der Waals surface area (Å²) in [5.41, 5.74) is 1.26. The first-order chi connectivity index (χ1) is 11.8. The van der Waals surface area contributed by atoms with Gasteiger partial charge in [-0.05, 0) is 6.42 Å². The van der Waals surface area contributed by atoms with Crippen molar-refractivity contribution >= 4 is 47.2 Å². The van der Waals surface area contributed by atoms with Crippen molar-refractivity contribution in [2.45, 2.75) is 58.4 Å². The van der Waals surface area contributed by atoms with Gasteiger partial charge in [0.15, 0.2) is 5.96 Å². The number of halogens is 1. The number of rotatable bonds is 5. The largest absolute Gasteiger partial charge is 0.356 e. The number of nitrogens with one attached hydrogen (secondary N) is 2. The van der Waals surface area contributed by atoms with Crippen LogP contribution in [0.5, 0.6) is 0 Å². The maximum atomic E-state index is 11.8. The van der Waals surface area contributed by atoms with Gasteiger partial charge in [0, 0.05) is 56.4 Å². The molecule has 6 nitrogen and oxygen atoms in total. The Morgan fingerprint density at radius 2 is 2.19 bits per heavy atom. The van der Waals surface area contributed by atoms with E-state index in [2.05, 4.69) is 41.8 Å². The lowest BCUT2D eigenvalue weighted by Gasteiger charge is -2.18. The lowest BCUT2D eigenvalue weighted by molar-refractivity contribution is -0.129. The molecule has 0 aromatic carbocycles. The Morgan fingerprint density at radius 3 is 2.77 bits per heavy atom. The molecule has 1 aromatic rings. The van der Waals surface area contributed by atoms with Gasteiger partial charge < -0.3 is 15.5 Å². The molecule has 1 saturated heterocycles. The summed E-state index contributed by atoms with van der Waals surface area (Å²) in [5, 5.41) is 10.1. The van der Waals surface area contributed by atoms with Crippen LogP contribution in [0.2, 0.25) is 0 Å². The highest BCUT2D eigenvalue weighted by atomic mass is 127. The number of carbonyl (C=O) groups excluding carboxylic acids is 1. The summed E-state index contributed by atoms with van der Waals surface area (Å²) >= 11 is 1.72. The molecule has 148 valence electrons. The van der Waals surface area contributed by atoms with E-state index in [4.69, 9.17) is 4.98 Å². The van der Waals surface area contributed by atoms with Crippen LogP contribution in [0.15, 0.2) is 10.4 Å². The van der Waals surface area contributed by atoms with Crippen LogP contribution < -0.4 is 10.6 Å². The number of amides is 1. The van der Waals surface area contributed by atoms with Gasteiger partial charge in [-0.2, -0.15) is 0 Å². The predicted octanol–water partition coefficient (Wildman–Crippen LogP) is 2.78. The van der Waals surface area contributed by atoms with E-state index in [1.54, 1.807) is 18.4 Å². The van der Waals surface area contributed by atoms with Crippen molar-refractivity contribution in [3.05, 3.63) is 16.1 Å². The fraction of sp³-hybridized carbons (Fsp3) is 0.722. The average molecular weight is 493 g/mol. The van der Waals surface area contributed by atoms with Crippen molar-refractivity contribution in [2.75, 3.05) is 26.7 Å². The minimum Gasteiger partial charge on any atom is -0.356 e. The van der Waals surface area contributed by atoms with Gasteiger partial charge in [-0.1, -0.05) is 27.7 Å². The Labute approximate surface area is 178 Å². The van der Waals surface area contributed by atoms with Crippen LogP contribution in [0.1, 0.15) is 51.2 Å². The Bertz CT molecular complexity index is 611. The molecule has 1 aromatic heterocycles. The third-order valence-electron chi connectivity index (χ3n) is 4.36. The van der Waals surface area contributed by atoms with E-state index in [1.165, 1.54) is 0 Å². The first kappa shape index (κ1) is 23.1. The Hall–Kier alpha value is -0.900. The molecule has 1 aliphatic rings. The number of likely N-dealkylation sites (tertiary alicyclic amines) is 1. The van der Waals surface area contributed by atoms with Crippen molar-refractivity contribution in [2.24, 2.45) is 4.99 Å². The summed E-state index contributed by atoms with van der Waals surface area (Å²) in [6, 6.07) is 0.272. The van der Waals surface area contributed by atoms with E-state index < -0.39 is 0 Å². The molecule has 1 unspecified atom stereocenters. The lowest BCUT2D eigenvalue weighted by Crippen LogP contribution is -2.45. The molecule has 0 aliphatic carbocycles. The number of hydrogen-bond donors (Lipinski definition) is 2. The van der Waals surface area contributed by atoms with Gasteiger partial charge in [-0.15, -0.1) is 35.3 Å². The molecule has 0 bridgehead atoms. The van der Waals surface area contributed by atoms with E-state index in [1.807, 2.05) is 11.8 Å². The summed E-state index contributed by atoms with van der Waals surface area (Å²) in [6.07, 6.45) is 2.42. The van der Waals surface area contributed by atoms with Gasteiger partial charge in [-0.25, -0.2) is 4.98 Å². The van der Waals surface area contributed by atoms with E-state index in [0.29, 0.717) is 6.42 Å². The molecule has 0 saturated carbocycles. The van der Waals surface area contributed by atoms with Crippen LogP contribution in [0, 0.1) is 0 Å². The number of aliphatic imine (C=N–C) groups is 1. The smallest absolute Gasteiger partial charge is 0.222 e. The van der Waals surface area contributed by atoms with Crippen LogP contribution >= 0.6 is 35.3 Å². The summed E-state index contributed by atoms with van der Waals surface area (Å²) in [6.45, 7) is 10.8. The van der Waals surface area contributed by atoms with Crippen molar-refractivity contribution in [3.8, 4) is 0 Å². The van der Waals surface area contributed by atoms with Gasteiger partial charge in [0.1, 0.15) is 0 Å². The highest BCUT2D eigenvalue weighted by molar-refractivity contribution is 14.0. The molecular formula is C18H32IN5OS. The number of carbonyl (C=O) groups is 1. The topological polar surface area (TPSA) is 69.6 Å². The Kier molecular flexibility index (Phi) is 9.29. The van der Waals surface area contributed by atoms with Gasteiger partial charge in [-0.3, -0.25) is 9.79 Å². The van der Waals surface area contributed by atoms with Crippen molar-refractivity contribution in [1.29, 1.82) is 0 Å². The molecule has 1 aliphatic heterocycles. The van der Waals surface area contributed by atoms with Crippen LogP contribution in [-0.2, 0) is 16.6 Å². The maximum absolute atomic E-state index is 11.8. The number of nitrogens with zero attached hydrogens (tertiary/aromatic N) is 3. The lowest BCUT2D eigenvalue weighted by atomic mass is 9.93. The van der Waals surface area contributed by atoms with Crippen molar-refractivity contribution in [1.82, 2.24) is 20.5 Å². The predicted molar refractivity (Wildman–Crippen MR) is 120 cm³/mol. The van der Waals surface area contributed by atoms with Crippen LogP contribution in [0.3, 0.4) is 0 Å². The average Bonchev–Trinajstić information content (AvgIpc) is 3.22. The summed E-state index contributed by atoms with van der Waals surface area (Å²) in [5.74, 6) is 1.02. The van der Waals surface area contributed by atoms with Gasteiger partial charge in [0.05, 0.1) is 10.7 Å². The van der Waals surface area contributed by atoms with Gasteiger partial charge in [0.25, 0.3) is 0 Å². The van der Waals surface area contributed by atoms with E-state index >= 15 is 0 Å². The van der Waals surface area contributed by atoms with Crippen LogP contribution in [0.25, 0.3) is 0 Å². The molecule has 2 N–H and O–H groups in total. The zero-order valence-electron chi connectivity index (χ0n) is 16.5. The molecule has 1 amide bonds. The quantitative estimate of drug-likeness (QED) is 0.376. The van der Waals surface area contributed by atoms with Gasteiger partial charge >= 0.3 is 0 Å². The van der Waals surface area contributed by atoms with Crippen molar-refractivity contribution < 1.29 is 4.79 Å². The molecule has 2 heterocycles. The Morgan fingerprint density at radius 1 is 1.46 bits per heavy atom. The molecule has 8 heteroatoms.